The average molecular weight is 331 g/mol. The second kappa shape index (κ2) is 3.95. The molecular formula is C10H5Br2NO2. The third kappa shape index (κ3) is 1.80. The fourth-order valence-electron chi connectivity index (χ4n) is 1.36. The number of ether oxygens (including phenoxy) is 1. The van der Waals surface area contributed by atoms with Crippen molar-refractivity contribution in [3.8, 4) is 11.8 Å². The molecule has 3 nitrogen and oxygen atoms in total. The number of esters is 1. The van der Waals surface area contributed by atoms with E-state index >= 15 is 0 Å². The number of alkyl halides is 2. The minimum Gasteiger partial charge on any atom is -0.425 e. The van der Waals surface area contributed by atoms with Gasteiger partial charge in [0, 0.05) is 5.56 Å². The summed E-state index contributed by atoms with van der Waals surface area (Å²) in [7, 11) is 0. The molecule has 0 aromatic heterocycles. The Labute approximate surface area is 103 Å². The summed E-state index contributed by atoms with van der Waals surface area (Å²) in [5, 5.41) is 8.71. The van der Waals surface area contributed by atoms with Crippen molar-refractivity contribution in [3.05, 3.63) is 29.3 Å². The highest BCUT2D eigenvalue weighted by molar-refractivity contribution is 9.12. The van der Waals surface area contributed by atoms with Crippen LogP contribution in [0.3, 0.4) is 0 Å². The van der Waals surface area contributed by atoms with Crippen molar-refractivity contribution >= 4 is 37.8 Å². The van der Waals surface area contributed by atoms with Crippen molar-refractivity contribution in [1.82, 2.24) is 0 Å². The molecule has 0 amide bonds. The molecule has 0 bridgehead atoms. The highest BCUT2D eigenvalue weighted by Crippen LogP contribution is 2.41. The lowest BCUT2D eigenvalue weighted by Crippen LogP contribution is -2.29. The monoisotopic (exact) mass is 329 g/mol. The van der Waals surface area contributed by atoms with Crippen LogP contribution in [0.5, 0.6) is 5.75 Å². The summed E-state index contributed by atoms with van der Waals surface area (Å²) in [5.41, 5.74) is 1.35. The summed E-state index contributed by atoms with van der Waals surface area (Å²) in [4.78, 5) is 10.9. The van der Waals surface area contributed by atoms with E-state index in [1.54, 1.807) is 18.2 Å². The number of carbonyl (C=O) groups excluding carboxylic acids is 1. The molecule has 2 atom stereocenters. The van der Waals surface area contributed by atoms with E-state index < -0.39 is 4.83 Å². The first kappa shape index (κ1) is 10.7. The Balaban J connectivity index is 2.51. The Morgan fingerprint density at radius 1 is 1.33 bits per heavy atom. The van der Waals surface area contributed by atoms with Crippen molar-refractivity contribution in [2.75, 3.05) is 0 Å². The van der Waals surface area contributed by atoms with Crippen LogP contribution in [0, 0.1) is 11.3 Å². The standard InChI is InChI=1S/C10H5Br2NO2/c11-8-6-2-1-5(4-13)3-7(6)15-10(14)9(8)12/h1-3,8-9H. The largest absolute Gasteiger partial charge is 0.425 e. The number of hydrogen-bond acceptors (Lipinski definition) is 3. The second-order valence-electron chi connectivity index (χ2n) is 3.09. The summed E-state index contributed by atoms with van der Waals surface area (Å²) >= 11 is 6.65. The zero-order chi connectivity index (χ0) is 11.0. The molecule has 15 heavy (non-hydrogen) atoms. The molecule has 5 heteroatoms. The number of nitriles is 1. The van der Waals surface area contributed by atoms with Crippen molar-refractivity contribution in [1.29, 1.82) is 5.26 Å². The number of carbonyl (C=O) groups is 1. The van der Waals surface area contributed by atoms with Gasteiger partial charge in [0.15, 0.2) is 0 Å². The van der Waals surface area contributed by atoms with Gasteiger partial charge in [-0.05, 0) is 12.1 Å². The number of rotatable bonds is 0. The Bertz CT molecular complexity index is 467. The average Bonchev–Trinajstić information content (AvgIpc) is 2.25. The molecule has 2 unspecified atom stereocenters. The summed E-state index contributed by atoms with van der Waals surface area (Å²) in [6, 6.07) is 7.06. The van der Waals surface area contributed by atoms with Crippen molar-refractivity contribution in [2.45, 2.75) is 9.65 Å². The summed E-state index contributed by atoms with van der Waals surface area (Å²) in [6.45, 7) is 0. The van der Waals surface area contributed by atoms with Crippen LogP contribution in [0.25, 0.3) is 0 Å². The van der Waals surface area contributed by atoms with Crippen molar-refractivity contribution in [3.63, 3.8) is 0 Å². The molecule has 1 heterocycles. The summed E-state index contributed by atoms with van der Waals surface area (Å²) in [6.07, 6.45) is 0. The number of nitrogens with zero attached hydrogens (tertiary/aromatic N) is 1. The van der Waals surface area contributed by atoms with Gasteiger partial charge in [0.2, 0.25) is 0 Å². The van der Waals surface area contributed by atoms with Crippen LogP contribution in [0.15, 0.2) is 18.2 Å². The lowest BCUT2D eigenvalue weighted by atomic mass is 10.0. The highest BCUT2D eigenvalue weighted by atomic mass is 79.9. The molecule has 0 N–H and O–H groups in total. The zero-order valence-corrected chi connectivity index (χ0v) is 10.6. The molecule has 1 aliphatic rings. The van der Waals surface area contributed by atoms with Crippen LogP contribution >= 0.6 is 31.9 Å². The van der Waals surface area contributed by atoms with Gasteiger partial charge in [-0.15, -0.1) is 0 Å². The van der Waals surface area contributed by atoms with E-state index in [4.69, 9.17) is 10.00 Å². The normalized spacial score (nSPS) is 23.9. The van der Waals surface area contributed by atoms with E-state index in [0.29, 0.717) is 11.3 Å². The summed E-state index contributed by atoms with van der Waals surface area (Å²) in [5.74, 6) is 0.107. The Morgan fingerprint density at radius 3 is 2.73 bits per heavy atom. The smallest absolute Gasteiger partial charge is 0.326 e. The maximum Gasteiger partial charge on any atom is 0.326 e. The molecular weight excluding hydrogens is 326 g/mol. The molecule has 0 radical (unpaired) electrons. The van der Waals surface area contributed by atoms with Gasteiger partial charge in [-0.3, -0.25) is 4.79 Å². The topological polar surface area (TPSA) is 50.1 Å². The molecule has 1 aromatic rings. The quantitative estimate of drug-likeness (QED) is 0.417. The van der Waals surface area contributed by atoms with E-state index in [0.717, 1.165) is 5.56 Å². The molecule has 1 aliphatic heterocycles. The first-order valence-electron chi connectivity index (χ1n) is 4.17. The molecule has 1 aromatic carbocycles. The van der Waals surface area contributed by atoms with Gasteiger partial charge < -0.3 is 4.74 Å². The first-order valence-corrected chi connectivity index (χ1v) is 6.00. The van der Waals surface area contributed by atoms with Crippen LogP contribution in [0.2, 0.25) is 0 Å². The van der Waals surface area contributed by atoms with Crippen LogP contribution in [-0.4, -0.2) is 10.8 Å². The molecule has 76 valence electrons. The fourth-order valence-corrected chi connectivity index (χ4v) is 2.33. The maximum absolute atomic E-state index is 11.4. The zero-order valence-electron chi connectivity index (χ0n) is 7.41. The van der Waals surface area contributed by atoms with Crippen LogP contribution < -0.4 is 4.74 Å². The van der Waals surface area contributed by atoms with E-state index in [-0.39, 0.29) is 10.8 Å². The molecule has 2 rings (SSSR count). The lowest BCUT2D eigenvalue weighted by molar-refractivity contribution is -0.134. The van der Waals surface area contributed by atoms with Gasteiger partial charge in [0.25, 0.3) is 0 Å². The molecule has 0 fully saturated rings. The Hall–Kier alpha value is -0.860. The number of halogens is 2. The number of hydrogen-bond donors (Lipinski definition) is 0. The van der Waals surface area contributed by atoms with E-state index in [9.17, 15) is 4.79 Å². The first-order chi connectivity index (χ1) is 7.13. The molecule has 0 spiro atoms. The van der Waals surface area contributed by atoms with Crippen LogP contribution in [0.1, 0.15) is 16.0 Å². The van der Waals surface area contributed by atoms with Gasteiger partial charge in [-0.25, -0.2) is 0 Å². The van der Waals surface area contributed by atoms with Gasteiger partial charge in [0.1, 0.15) is 10.6 Å². The van der Waals surface area contributed by atoms with Gasteiger partial charge >= 0.3 is 5.97 Å². The van der Waals surface area contributed by atoms with Gasteiger partial charge in [0.05, 0.1) is 16.5 Å². The third-order valence-electron chi connectivity index (χ3n) is 2.13. The molecule has 0 saturated heterocycles. The van der Waals surface area contributed by atoms with Crippen molar-refractivity contribution in [2.24, 2.45) is 0 Å². The lowest BCUT2D eigenvalue weighted by Gasteiger charge is -2.24. The third-order valence-corrected chi connectivity index (χ3v) is 4.77. The molecule has 0 aliphatic carbocycles. The number of fused-ring (bicyclic) bond motifs is 1. The van der Waals surface area contributed by atoms with Crippen molar-refractivity contribution < 1.29 is 9.53 Å². The minimum absolute atomic E-state index is 0.124. The Kier molecular flexibility index (Phi) is 2.81. The molecule has 0 saturated carbocycles. The predicted molar refractivity (Wildman–Crippen MR) is 61.2 cm³/mol. The van der Waals surface area contributed by atoms with Gasteiger partial charge in [-0.1, -0.05) is 37.9 Å². The van der Waals surface area contributed by atoms with Crippen LogP contribution in [-0.2, 0) is 4.79 Å². The minimum atomic E-state index is -0.391. The van der Waals surface area contributed by atoms with E-state index in [1.807, 2.05) is 6.07 Å². The highest BCUT2D eigenvalue weighted by Gasteiger charge is 2.34. The fraction of sp³-hybridized carbons (Fsp3) is 0.200. The van der Waals surface area contributed by atoms with Crippen LogP contribution in [0.4, 0.5) is 0 Å². The SMILES string of the molecule is N#Cc1ccc2c(c1)OC(=O)C(Br)C2Br. The van der Waals surface area contributed by atoms with E-state index in [1.165, 1.54) is 0 Å². The van der Waals surface area contributed by atoms with E-state index in [2.05, 4.69) is 31.9 Å². The predicted octanol–water partition coefficient (Wildman–Crippen LogP) is 2.68. The Morgan fingerprint density at radius 2 is 2.07 bits per heavy atom. The maximum atomic E-state index is 11.4. The van der Waals surface area contributed by atoms with Gasteiger partial charge in [-0.2, -0.15) is 5.26 Å². The number of benzene rings is 1. The summed E-state index contributed by atoms with van der Waals surface area (Å²) < 4.78 is 5.09. The second-order valence-corrected chi connectivity index (χ2v) is 5.06.